The summed E-state index contributed by atoms with van der Waals surface area (Å²) in [5.41, 5.74) is 3.02. The third-order valence-electron chi connectivity index (χ3n) is 5.51. The van der Waals surface area contributed by atoms with E-state index in [1.807, 2.05) is 0 Å². The summed E-state index contributed by atoms with van der Waals surface area (Å²) in [6.45, 7) is 1.05. The molecule has 0 saturated carbocycles. The molecule has 4 aliphatic rings. The van der Waals surface area contributed by atoms with E-state index in [1.54, 1.807) is 17.6 Å². The Bertz CT molecular complexity index is 617. The van der Waals surface area contributed by atoms with Crippen molar-refractivity contribution in [2.45, 2.75) is 12.1 Å². The van der Waals surface area contributed by atoms with Gasteiger partial charge >= 0.3 is 0 Å². The van der Waals surface area contributed by atoms with Gasteiger partial charge in [-0.05, 0) is 47.7 Å². The standard InChI is InChI=1S/C18H22N2O.HI/c1-19-9-8-12-4-6-17-18(15(12)11-19)14-10-13(21-3)5-7-16(14)20(17)2;/h4-10,14,16-18H,11H2,1-3H3;1H. The number of fused-ring (bicyclic) bond motifs is 4. The molecule has 0 aromatic rings. The molecule has 5 atom stereocenters. The van der Waals surface area contributed by atoms with Crippen LogP contribution in [-0.2, 0) is 4.74 Å². The van der Waals surface area contributed by atoms with E-state index >= 15 is 0 Å². The average molecular weight is 410 g/mol. The SMILES string of the molecule is COC1=CC2C3C4=C(C=CC3[NH+](C)C2C=C1)C=CN(C)C4.[I-]. The van der Waals surface area contributed by atoms with E-state index in [0.29, 0.717) is 23.9 Å². The highest BCUT2D eigenvalue weighted by atomic mass is 127. The average Bonchev–Trinajstić information content (AvgIpc) is 2.80. The number of halogens is 1. The maximum Gasteiger partial charge on any atom is 0.115 e. The number of methoxy groups -OCH3 is 1. The van der Waals surface area contributed by atoms with Gasteiger partial charge in [0.2, 0.25) is 0 Å². The minimum absolute atomic E-state index is 0. The minimum atomic E-state index is 0. The monoisotopic (exact) mass is 410 g/mol. The lowest BCUT2D eigenvalue weighted by atomic mass is 9.75. The zero-order chi connectivity index (χ0) is 14.6. The summed E-state index contributed by atoms with van der Waals surface area (Å²) in [5.74, 6) is 2.16. The Kier molecular flexibility index (Phi) is 4.25. The number of quaternary nitrogens is 1. The summed E-state index contributed by atoms with van der Waals surface area (Å²) in [7, 11) is 6.26. The fourth-order valence-corrected chi connectivity index (χ4v) is 4.45. The molecule has 0 aromatic carbocycles. The molecule has 0 radical (unpaired) electrons. The predicted molar refractivity (Wildman–Crippen MR) is 83.6 cm³/mol. The summed E-state index contributed by atoms with van der Waals surface area (Å²) in [5, 5.41) is 0. The summed E-state index contributed by atoms with van der Waals surface area (Å²) in [6, 6.07) is 1.14. The number of likely N-dealkylation sites (N-methyl/N-ethyl adjacent to an activating group) is 2. The van der Waals surface area contributed by atoms with E-state index in [1.165, 1.54) is 5.57 Å². The number of allylic oxidation sites excluding steroid dienone is 4. The van der Waals surface area contributed by atoms with Crippen LogP contribution in [0.1, 0.15) is 0 Å². The van der Waals surface area contributed by atoms with Gasteiger partial charge in [-0.15, -0.1) is 0 Å². The van der Waals surface area contributed by atoms with Crippen molar-refractivity contribution in [3.05, 3.63) is 59.6 Å². The largest absolute Gasteiger partial charge is 1.00 e. The zero-order valence-corrected chi connectivity index (χ0v) is 15.4. The Balaban J connectivity index is 0.00000144. The first-order chi connectivity index (χ1) is 10.2. The van der Waals surface area contributed by atoms with Crippen molar-refractivity contribution in [2.75, 3.05) is 27.7 Å². The summed E-state index contributed by atoms with van der Waals surface area (Å²) < 4.78 is 5.48. The highest BCUT2D eigenvalue weighted by molar-refractivity contribution is 5.46. The molecule has 118 valence electrons. The van der Waals surface area contributed by atoms with Crippen molar-refractivity contribution in [2.24, 2.45) is 11.8 Å². The maximum absolute atomic E-state index is 5.48. The maximum atomic E-state index is 5.48. The Hall–Kier alpha value is -1.01. The number of hydrogen-bond donors (Lipinski definition) is 1. The van der Waals surface area contributed by atoms with E-state index < -0.39 is 0 Å². The first-order valence-electron chi connectivity index (χ1n) is 7.76. The Morgan fingerprint density at radius 1 is 1.18 bits per heavy atom. The molecule has 1 N–H and O–H groups in total. The van der Waals surface area contributed by atoms with Crippen molar-refractivity contribution >= 4 is 0 Å². The molecule has 1 fully saturated rings. The van der Waals surface area contributed by atoms with Crippen molar-refractivity contribution in [3.63, 3.8) is 0 Å². The first kappa shape index (κ1) is 15.9. The second kappa shape index (κ2) is 5.89. The van der Waals surface area contributed by atoms with Gasteiger partial charge in [0.05, 0.1) is 20.1 Å². The van der Waals surface area contributed by atoms with Gasteiger partial charge < -0.3 is 38.5 Å². The second-order valence-corrected chi connectivity index (χ2v) is 6.60. The molecule has 2 heterocycles. The topological polar surface area (TPSA) is 16.9 Å². The van der Waals surface area contributed by atoms with Crippen LogP contribution in [0.25, 0.3) is 0 Å². The third-order valence-corrected chi connectivity index (χ3v) is 5.51. The number of nitrogens with zero attached hydrogens (tertiary/aromatic N) is 1. The lowest BCUT2D eigenvalue weighted by Crippen LogP contribution is -3.14. The van der Waals surface area contributed by atoms with Crippen LogP contribution < -0.4 is 28.9 Å². The van der Waals surface area contributed by atoms with Crippen LogP contribution in [-0.4, -0.2) is 44.7 Å². The summed E-state index contributed by atoms with van der Waals surface area (Å²) in [6.07, 6.45) is 16.0. The van der Waals surface area contributed by atoms with Crippen LogP contribution in [0.5, 0.6) is 0 Å². The molecule has 4 heteroatoms. The molecule has 1 saturated heterocycles. The molecule has 4 rings (SSSR count). The molecule has 2 aliphatic carbocycles. The first-order valence-corrected chi connectivity index (χ1v) is 7.76. The minimum Gasteiger partial charge on any atom is -1.00 e. The number of nitrogens with one attached hydrogen (secondary N) is 1. The van der Waals surface area contributed by atoms with Crippen molar-refractivity contribution in [3.8, 4) is 0 Å². The van der Waals surface area contributed by atoms with Gasteiger partial charge in [-0.25, -0.2) is 0 Å². The lowest BCUT2D eigenvalue weighted by molar-refractivity contribution is -0.906. The number of likely N-dealkylation sites (tertiary alicyclic amines) is 1. The normalized spacial score (nSPS) is 38.0. The molecular weight excluding hydrogens is 387 g/mol. The molecule has 22 heavy (non-hydrogen) atoms. The summed E-state index contributed by atoms with van der Waals surface area (Å²) >= 11 is 0. The van der Waals surface area contributed by atoms with Gasteiger partial charge in [-0.2, -0.15) is 0 Å². The van der Waals surface area contributed by atoms with Gasteiger partial charge in [0, 0.05) is 19.5 Å². The van der Waals surface area contributed by atoms with Crippen LogP contribution in [0, 0.1) is 11.8 Å². The van der Waals surface area contributed by atoms with Gasteiger partial charge in [0.25, 0.3) is 0 Å². The van der Waals surface area contributed by atoms with Gasteiger partial charge in [-0.1, -0.05) is 6.08 Å². The van der Waals surface area contributed by atoms with Crippen LogP contribution in [0.4, 0.5) is 0 Å². The molecule has 0 bridgehead atoms. The molecule has 0 aromatic heterocycles. The number of hydrogen-bond acceptors (Lipinski definition) is 2. The fourth-order valence-electron chi connectivity index (χ4n) is 4.45. The lowest BCUT2D eigenvalue weighted by Gasteiger charge is -2.32. The Labute approximate surface area is 149 Å². The molecule has 0 spiro atoms. The molecular formula is C18H23IN2O. The van der Waals surface area contributed by atoms with E-state index in [2.05, 4.69) is 61.7 Å². The van der Waals surface area contributed by atoms with E-state index in [9.17, 15) is 0 Å². The van der Waals surface area contributed by atoms with Crippen molar-refractivity contribution in [1.82, 2.24) is 4.90 Å². The third kappa shape index (κ3) is 2.27. The molecule has 3 nitrogen and oxygen atoms in total. The van der Waals surface area contributed by atoms with Crippen LogP contribution in [0.2, 0.25) is 0 Å². The van der Waals surface area contributed by atoms with E-state index in [0.717, 1.165) is 12.3 Å². The van der Waals surface area contributed by atoms with Gasteiger partial charge in [0.15, 0.2) is 0 Å². The van der Waals surface area contributed by atoms with Crippen molar-refractivity contribution < 1.29 is 33.6 Å². The molecule has 2 aliphatic heterocycles. The predicted octanol–water partition coefficient (Wildman–Crippen LogP) is -2.09. The highest BCUT2D eigenvalue weighted by Gasteiger charge is 2.52. The number of rotatable bonds is 1. The second-order valence-electron chi connectivity index (χ2n) is 6.60. The Morgan fingerprint density at radius 3 is 2.73 bits per heavy atom. The molecule has 0 amide bonds. The van der Waals surface area contributed by atoms with E-state index in [-0.39, 0.29) is 24.0 Å². The van der Waals surface area contributed by atoms with Crippen LogP contribution in [0.3, 0.4) is 0 Å². The smallest absolute Gasteiger partial charge is 0.115 e. The van der Waals surface area contributed by atoms with Crippen LogP contribution in [0.15, 0.2) is 59.6 Å². The fraction of sp³-hybridized carbons (Fsp3) is 0.444. The highest BCUT2D eigenvalue weighted by Crippen LogP contribution is 2.40. The molecule has 5 unspecified atom stereocenters. The quantitative estimate of drug-likeness (QED) is 0.500. The Morgan fingerprint density at radius 2 is 1.95 bits per heavy atom. The van der Waals surface area contributed by atoms with Crippen LogP contribution >= 0.6 is 0 Å². The van der Waals surface area contributed by atoms with Crippen molar-refractivity contribution in [1.29, 1.82) is 0 Å². The van der Waals surface area contributed by atoms with Gasteiger partial charge in [0.1, 0.15) is 17.8 Å². The number of ether oxygens (including phenoxy) is 1. The summed E-state index contributed by atoms with van der Waals surface area (Å²) in [4.78, 5) is 3.89. The van der Waals surface area contributed by atoms with E-state index in [4.69, 9.17) is 4.74 Å². The zero-order valence-electron chi connectivity index (χ0n) is 13.3. The van der Waals surface area contributed by atoms with Gasteiger partial charge in [-0.3, -0.25) is 0 Å².